The molecule has 0 saturated heterocycles. The minimum absolute atomic E-state index is 0.0206. The summed E-state index contributed by atoms with van der Waals surface area (Å²) in [5, 5.41) is 8.52. The second-order valence-corrected chi connectivity index (χ2v) is 5.89. The van der Waals surface area contributed by atoms with Crippen LogP contribution in [0.2, 0.25) is 0 Å². The molecule has 0 spiro atoms. The summed E-state index contributed by atoms with van der Waals surface area (Å²) in [6.45, 7) is 1.95. The number of anilines is 2. The summed E-state index contributed by atoms with van der Waals surface area (Å²) in [7, 11) is 1.50. The number of ether oxygens (including phenoxy) is 1. The Kier molecular flexibility index (Phi) is 7.11. The van der Waals surface area contributed by atoms with E-state index in [-0.39, 0.29) is 16.9 Å². The van der Waals surface area contributed by atoms with Gasteiger partial charge in [-0.3, -0.25) is 14.9 Å². The van der Waals surface area contributed by atoms with E-state index in [0.29, 0.717) is 29.1 Å². The van der Waals surface area contributed by atoms with Crippen molar-refractivity contribution in [2.24, 2.45) is 0 Å². The third-order valence-electron chi connectivity index (χ3n) is 3.48. The smallest absolute Gasteiger partial charge is 0.261 e. The summed E-state index contributed by atoms with van der Waals surface area (Å²) in [6, 6.07) is 14.0. The average molecular weight is 371 g/mol. The van der Waals surface area contributed by atoms with Crippen LogP contribution in [0.5, 0.6) is 5.75 Å². The number of benzene rings is 2. The highest BCUT2D eigenvalue weighted by atomic mass is 32.1. The molecule has 2 aromatic carbocycles. The first-order valence-electron chi connectivity index (χ1n) is 8.18. The summed E-state index contributed by atoms with van der Waals surface area (Å²) in [4.78, 5) is 23.9. The Bertz CT molecular complexity index is 791. The number of amides is 2. The Morgan fingerprint density at radius 3 is 2.23 bits per heavy atom. The largest absolute Gasteiger partial charge is 0.496 e. The van der Waals surface area contributed by atoms with E-state index in [1.807, 2.05) is 6.92 Å². The minimum Gasteiger partial charge on any atom is -0.496 e. The van der Waals surface area contributed by atoms with Gasteiger partial charge in [-0.2, -0.15) is 0 Å². The quantitative estimate of drug-likeness (QED) is 0.677. The normalized spacial score (nSPS) is 9.92. The van der Waals surface area contributed by atoms with E-state index < -0.39 is 0 Å². The van der Waals surface area contributed by atoms with E-state index in [4.69, 9.17) is 17.0 Å². The summed E-state index contributed by atoms with van der Waals surface area (Å²) in [5.41, 5.74) is 1.80. The van der Waals surface area contributed by atoms with Crippen LogP contribution in [0.1, 0.15) is 30.1 Å². The van der Waals surface area contributed by atoms with Crippen molar-refractivity contribution in [2.75, 3.05) is 17.7 Å². The number of carbonyl (C=O) groups is 2. The molecule has 6 nitrogen and oxygen atoms in total. The zero-order valence-corrected chi connectivity index (χ0v) is 15.5. The molecule has 0 aliphatic heterocycles. The van der Waals surface area contributed by atoms with Gasteiger partial charge in [0.25, 0.3) is 5.91 Å². The van der Waals surface area contributed by atoms with Gasteiger partial charge < -0.3 is 15.4 Å². The van der Waals surface area contributed by atoms with E-state index in [0.717, 1.165) is 6.42 Å². The van der Waals surface area contributed by atoms with Crippen LogP contribution in [-0.4, -0.2) is 24.0 Å². The lowest BCUT2D eigenvalue weighted by molar-refractivity contribution is -0.116. The second kappa shape index (κ2) is 9.53. The number of carbonyl (C=O) groups excluding carboxylic acids is 2. The van der Waals surface area contributed by atoms with Crippen LogP contribution in [-0.2, 0) is 4.79 Å². The first-order chi connectivity index (χ1) is 12.5. The van der Waals surface area contributed by atoms with Crippen LogP contribution in [0.3, 0.4) is 0 Å². The standard InChI is InChI=1S/C19H21N3O3S/c1-3-6-17(23)20-13-9-11-14(12-10-13)21-19(26)22-18(24)15-7-4-5-8-16(15)25-2/h4-5,7-12H,3,6H2,1-2H3,(H,20,23)(H2,21,22,24,26). The van der Waals surface area contributed by atoms with E-state index in [9.17, 15) is 9.59 Å². The molecule has 0 heterocycles. The molecule has 0 fully saturated rings. The van der Waals surface area contributed by atoms with Crippen LogP contribution in [0.25, 0.3) is 0 Å². The van der Waals surface area contributed by atoms with Crippen molar-refractivity contribution in [3.8, 4) is 5.75 Å². The Morgan fingerprint density at radius 1 is 1.00 bits per heavy atom. The minimum atomic E-state index is -0.358. The molecule has 0 aliphatic rings. The SMILES string of the molecule is CCCC(=O)Nc1ccc(NC(=S)NC(=O)c2ccccc2OC)cc1. The van der Waals surface area contributed by atoms with Crippen LogP contribution in [0.4, 0.5) is 11.4 Å². The van der Waals surface area contributed by atoms with Crippen molar-refractivity contribution in [2.45, 2.75) is 19.8 Å². The highest BCUT2D eigenvalue weighted by molar-refractivity contribution is 7.80. The van der Waals surface area contributed by atoms with Gasteiger partial charge >= 0.3 is 0 Å². The van der Waals surface area contributed by atoms with Gasteiger partial charge in [-0.05, 0) is 55.0 Å². The van der Waals surface area contributed by atoms with Crippen molar-refractivity contribution in [1.29, 1.82) is 0 Å². The van der Waals surface area contributed by atoms with Crippen LogP contribution < -0.4 is 20.7 Å². The van der Waals surface area contributed by atoms with Crippen LogP contribution in [0.15, 0.2) is 48.5 Å². The molecule has 2 aromatic rings. The molecule has 136 valence electrons. The van der Waals surface area contributed by atoms with Gasteiger partial charge in [0.15, 0.2) is 5.11 Å². The first kappa shape index (κ1) is 19.4. The molecule has 0 aromatic heterocycles. The molecule has 0 bridgehead atoms. The fraction of sp³-hybridized carbons (Fsp3) is 0.211. The predicted molar refractivity (Wildman–Crippen MR) is 107 cm³/mol. The number of hydrogen-bond acceptors (Lipinski definition) is 4. The summed E-state index contributed by atoms with van der Waals surface area (Å²) >= 11 is 5.18. The van der Waals surface area contributed by atoms with E-state index in [1.165, 1.54) is 7.11 Å². The maximum absolute atomic E-state index is 12.3. The van der Waals surface area contributed by atoms with Crippen molar-refractivity contribution >= 4 is 40.5 Å². The predicted octanol–water partition coefficient (Wildman–Crippen LogP) is 3.56. The number of para-hydroxylation sites is 1. The monoisotopic (exact) mass is 371 g/mol. The Labute approximate surface area is 157 Å². The lowest BCUT2D eigenvalue weighted by Crippen LogP contribution is -2.34. The number of nitrogens with one attached hydrogen (secondary N) is 3. The first-order valence-corrected chi connectivity index (χ1v) is 8.59. The number of thiocarbonyl (C=S) groups is 1. The number of methoxy groups -OCH3 is 1. The molecule has 2 amide bonds. The number of rotatable bonds is 6. The molecule has 0 atom stereocenters. The van der Waals surface area contributed by atoms with Crippen LogP contribution in [0, 0.1) is 0 Å². The molecule has 26 heavy (non-hydrogen) atoms. The Balaban J connectivity index is 1.93. The summed E-state index contributed by atoms with van der Waals surface area (Å²) < 4.78 is 5.17. The highest BCUT2D eigenvalue weighted by Crippen LogP contribution is 2.17. The van der Waals surface area contributed by atoms with Gasteiger partial charge in [0.05, 0.1) is 12.7 Å². The topological polar surface area (TPSA) is 79.5 Å². The molecule has 0 aliphatic carbocycles. The zero-order valence-electron chi connectivity index (χ0n) is 14.7. The number of hydrogen-bond donors (Lipinski definition) is 3. The van der Waals surface area contributed by atoms with Gasteiger partial charge in [-0.25, -0.2) is 0 Å². The van der Waals surface area contributed by atoms with Crippen molar-refractivity contribution in [3.63, 3.8) is 0 Å². The van der Waals surface area contributed by atoms with E-state index in [2.05, 4.69) is 16.0 Å². The van der Waals surface area contributed by atoms with E-state index in [1.54, 1.807) is 48.5 Å². The Hall–Kier alpha value is -2.93. The molecule has 3 N–H and O–H groups in total. The average Bonchev–Trinajstić information content (AvgIpc) is 2.63. The molecule has 0 radical (unpaired) electrons. The molecule has 2 rings (SSSR count). The highest BCUT2D eigenvalue weighted by Gasteiger charge is 2.12. The van der Waals surface area contributed by atoms with Crippen molar-refractivity contribution < 1.29 is 14.3 Å². The Morgan fingerprint density at radius 2 is 1.62 bits per heavy atom. The molecule has 0 unspecified atom stereocenters. The van der Waals surface area contributed by atoms with Gasteiger partial charge in [0.1, 0.15) is 5.75 Å². The lowest BCUT2D eigenvalue weighted by Gasteiger charge is -2.12. The third-order valence-corrected chi connectivity index (χ3v) is 3.69. The molecular weight excluding hydrogens is 350 g/mol. The van der Waals surface area contributed by atoms with Gasteiger partial charge in [0.2, 0.25) is 5.91 Å². The molecule has 0 saturated carbocycles. The summed E-state index contributed by atoms with van der Waals surface area (Å²) in [6.07, 6.45) is 1.28. The summed E-state index contributed by atoms with van der Waals surface area (Å²) in [5.74, 6) is 0.0937. The fourth-order valence-electron chi connectivity index (χ4n) is 2.25. The molecular formula is C19H21N3O3S. The van der Waals surface area contributed by atoms with Gasteiger partial charge in [-0.15, -0.1) is 0 Å². The second-order valence-electron chi connectivity index (χ2n) is 5.48. The van der Waals surface area contributed by atoms with Crippen molar-refractivity contribution in [1.82, 2.24) is 5.32 Å². The van der Waals surface area contributed by atoms with E-state index >= 15 is 0 Å². The van der Waals surface area contributed by atoms with Crippen LogP contribution >= 0.6 is 12.2 Å². The maximum Gasteiger partial charge on any atom is 0.261 e. The fourth-order valence-corrected chi connectivity index (χ4v) is 2.46. The van der Waals surface area contributed by atoms with Crippen molar-refractivity contribution in [3.05, 3.63) is 54.1 Å². The molecule has 7 heteroatoms. The lowest BCUT2D eigenvalue weighted by atomic mass is 10.2. The zero-order chi connectivity index (χ0) is 18.9. The third kappa shape index (κ3) is 5.56. The van der Waals surface area contributed by atoms with Gasteiger partial charge in [-0.1, -0.05) is 19.1 Å². The maximum atomic E-state index is 12.3. The van der Waals surface area contributed by atoms with Gasteiger partial charge in [0, 0.05) is 17.8 Å².